The molecule has 0 saturated heterocycles. The van der Waals surface area contributed by atoms with E-state index < -0.39 is 0 Å². The lowest BCUT2D eigenvalue weighted by atomic mass is 9.98. The van der Waals surface area contributed by atoms with Gasteiger partial charge in [-0.1, -0.05) is 12.2 Å². The van der Waals surface area contributed by atoms with Gasteiger partial charge in [0.25, 0.3) is 0 Å². The number of carbonyl (C=O) groups excluding carboxylic acids is 1. The summed E-state index contributed by atoms with van der Waals surface area (Å²) in [6.45, 7) is 0.156. The molecule has 0 aromatic heterocycles. The summed E-state index contributed by atoms with van der Waals surface area (Å²) in [6, 6.07) is 3.25. The molecular weight excluding hydrogens is 282 g/mol. The van der Waals surface area contributed by atoms with Gasteiger partial charge in [0.1, 0.15) is 5.76 Å². The summed E-state index contributed by atoms with van der Waals surface area (Å²) >= 11 is 0. The monoisotopic (exact) mass is 299 g/mol. The molecule has 0 amide bonds. The van der Waals surface area contributed by atoms with Crippen LogP contribution in [0.25, 0.3) is 0 Å². The van der Waals surface area contributed by atoms with Crippen molar-refractivity contribution in [3.63, 3.8) is 0 Å². The number of nitrogens with two attached hydrogens (primary N) is 1. The Morgan fingerprint density at radius 2 is 2.14 bits per heavy atom. The molecule has 1 aromatic carbocycles. The van der Waals surface area contributed by atoms with Crippen molar-refractivity contribution in [3.05, 3.63) is 53.8 Å². The maximum atomic E-state index is 12.3. The van der Waals surface area contributed by atoms with E-state index in [1.807, 2.05) is 24.3 Å². The second-order valence-corrected chi connectivity index (χ2v) is 5.09. The molecule has 1 aliphatic heterocycles. The van der Waals surface area contributed by atoms with Gasteiger partial charge in [-0.05, 0) is 36.6 Å². The number of ether oxygens (including phenoxy) is 3. The summed E-state index contributed by atoms with van der Waals surface area (Å²) in [6.07, 6.45) is 10.1. The van der Waals surface area contributed by atoms with Crippen molar-refractivity contribution >= 4 is 11.5 Å². The average molecular weight is 299 g/mol. The third kappa shape index (κ3) is 2.83. The van der Waals surface area contributed by atoms with Gasteiger partial charge in [0.05, 0.1) is 7.11 Å². The molecule has 0 radical (unpaired) electrons. The molecule has 5 nitrogen and oxygen atoms in total. The van der Waals surface area contributed by atoms with E-state index in [1.54, 1.807) is 25.3 Å². The summed E-state index contributed by atoms with van der Waals surface area (Å²) in [4.78, 5) is 12.3. The van der Waals surface area contributed by atoms with Crippen LogP contribution in [0.3, 0.4) is 0 Å². The highest BCUT2D eigenvalue weighted by atomic mass is 16.7. The first kappa shape index (κ1) is 14.3. The quantitative estimate of drug-likeness (QED) is 0.526. The number of hydrogen-bond acceptors (Lipinski definition) is 5. The van der Waals surface area contributed by atoms with Gasteiger partial charge in [0, 0.05) is 17.3 Å². The van der Waals surface area contributed by atoms with E-state index in [0.29, 0.717) is 22.7 Å². The summed E-state index contributed by atoms with van der Waals surface area (Å²) in [5.74, 6) is 2.00. The summed E-state index contributed by atoms with van der Waals surface area (Å²) in [5.41, 5.74) is 6.72. The van der Waals surface area contributed by atoms with E-state index in [9.17, 15) is 4.79 Å². The molecular formula is C17H17NO4. The van der Waals surface area contributed by atoms with E-state index in [4.69, 9.17) is 19.9 Å². The lowest BCUT2D eigenvalue weighted by molar-refractivity contribution is 0.104. The number of rotatable bonds is 4. The Labute approximate surface area is 128 Å². The molecule has 0 bridgehead atoms. The molecule has 1 aromatic rings. The second-order valence-electron chi connectivity index (χ2n) is 5.09. The molecule has 5 heteroatoms. The Kier molecular flexibility index (Phi) is 3.87. The minimum absolute atomic E-state index is 0.147. The Bertz CT molecular complexity index is 688. The number of hydrogen-bond donors (Lipinski definition) is 1. The summed E-state index contributed by atoms with van der Waals surface area (Å²) < 4.78 is 15.6. The van der Waals surface area contributed by atoms with Crippen molar-refractivity contribution in [1.82, 2.24) is 0 Å². The smallest absolute Gasteiger partial charge is 0.231 e. The fourth-order valence-electron chi connectivity index (χ4n) is 2.38. The number of methoxy groups -OCH3 is 1. The average Bonchev–Trinajstić information content (AvgIpc) is 2.99. The Hall–Kier alpha value is -2.69. The zero-order valence-electron chi connectivity index (χ0n) is 12.2. The number of nitrogen functional groups attached to an aromatic ring is 1. The van der Waals surface area contributed by atoms with Crippen LogP contribution in [-0.2, 0) is 4.74 Å². The maximum Gasteiger partial charge on any atom is 0.231 e. The maximum absolute atomic E-state index is 12.3. The fraction of sp³-hybridized carbons (Fsp3) is 0.235. The summed E-state index contributed by atoms with van der Waals surface area (Å²) in [5, 5.41) is 0. The van der Waals surface area contributed by atoms with Crippen molar-refractivity contribution in [1.29, 1.82) is 0 Å². The van der Waals surface area contributed by atoms with E-state index in [-0.39, 0.29) is 18.5 Å². The second kappa shape index (κ2) is 5.97. The highest BCUT2D eigenvalue weighted by Crippen LogP contribution is 2.36. The molecule has 22 heavy (non-hydrogen) atoms. The first-order valence-corrected chi connectivity index (χ1v) is 7.01. The molecule has 3 rings (SSSR count). The van der Waals surface area contributed by atoms with E-state index in [2.05, 4.69) is 0 Å². The molecule has 114 valence electrons. The van der Waals surface area contributed by atoms with E-state index in [1.165, 1.54) is 0 Å². The van der Waals surface area contributed by atoms with Gasteiger partial charge in [-0.25, -0.2) is 0 Å². The van der Waals surface area contributed by atoms with Gasteiger partial charge in [0.2, 0.25) is 6.79 Å². The van der Waals surface area contributed by atoms with Gasteiger partial charge in [-0.2, -0.15) is 0 Å². The van der Waals surface area contributed by atoms with Crippen LogP contribution in [0.4, 0.5) is 5.69 Å². The van der Waals surface area contributed by atoms with Crippen LogP contribution in [0.15, 0.2) is 48.3 Å². The molecule has 0 saturated carbocycles. The van der Waals surface area contributed by atoms with Crippen LogP contribution < -0.4 is 15.2 Å². The normalized spacial score (nSPS) is 19.3. The van der Waals surface area contributed by atoms with Crippen molar-refractivity contribution in [2.24, 2.45) is 5.92 Å². The van der Waals surface area contributed by atoms with E-state index in [0.717, 1.165) is 12.2 Å². The lowest BCUT2D eigenvalue weighted by Gasteiger charge is -2.11. The molecule has 1 unspecified atom stereocenters. The Morgan fingerprint density at radius 3 is 2.82 bits per heavy atom. The molecule has 2 N–H and O–H groups in total. The third-order valence-electron chi connectivity index (χ3n) is 3.64. The largest absolute Gasteiger partial charge is 0.497 e. The molecule has 0 fully saturated rings. The zero-order chi connectivity index (χ0) is 15.5. The summed E-state index contributed by atoms with van der Waals surface area (Å²) in [7, 11) is 1.64. The predicted molar refractivity (Wildman–Crippen MR) is 82.8 cm³/mol. The van der Waals surface area contributed by atoms with Crippen LogP contribution in [0.1, 0.15) is 16.8 Å². The zero-order valence-corrected chi connectivity index (χ0v) is 12.2. The van der Waals surface area contributed by atoms with Gasteiger partial charge in [-0.15, -0.1) is 0 Å². The molecule has 0 spiro atoms. The number of anilines is 1. The fourth-order valence-corrected chi connectivity index (χ4v) is 2.38. The van der Waals surface area contributed by atoms with Gasteiger partial charge in [0.15, 0.2) is 17.3 Å². The number of carbonyl (C=O) groups is 1. The van der Waals surface area contributed by atoms with Crippen LogP contribution in [-0.4, -0.2) is 19.7 Å². The van der Waals surface area contributed by atoms with Crippen molar-refractivity contribution in [2.75, 3.05) is 19.6 Å². The topological polar surface area (TPSA) is 70.8 Å². The number of fused-ring (bicyclic) bond motifs is 1. The number of ketones is 1. The first-order chi connectivity index (χ1) is 10.7. The lowest BCUT2D eigenvalue weighted by Crippen LogP contribution is -2.03. The predicted octanol–water partition coefficient (Wildman–Crippen LogP) is 2.84. The van der Waals surface area contributed by atoms with Crippen LogP contribution in [0.2, 0.25) is 0 Å². The van der Waals surface area contributed by atoms with Gasteiger partial charge >= 0.3 is 0 Å². The van der Waals surface area contributed by atoms with E-state index >= 15 is 0 Å². The van der Waals surface area contributed by atoms with Crippen molar-refractivity contribution < 1.29 is 19.0 Å². The molecule has 2 aliphatic rings. The highest BCUT2D eigenvalue weighted by molar-refractivity contribution is 6.08. The minimum atomic E-state index is -0.147. The van der Waals surface area contributed by atoms with Crippen LogP contribution >= 0.6 is 0 Å². The molecule has 1 atom stereocenters. The minimum Gasteiger partial charge on any atom is -0.497 e. The number of benzene rings is 1. The van der Waals surface area contributed by atoms with Crippen molar-refractivity contribution in [3.8, 4) is 11.5 Å². The molecule has 1 heterocycles. The molecule has 1 aliphatic carbocycles. The Morgan fingerprint density at radius 1 is 1.36 bits per heavy atom. The standard InChI is InChI=1S/C17H17NO4/c1-20-12-5-2-11(3-6-12)4-7-15(19)13-8-16-17(9-14(13)18)22-10-21-16/h2,4-9,11H,3,10,18H2,1H3. The van der Waals surface area contributed by atoms with Gasteiger partial charge in [-0.3, -0.25) is 4.79 Å². The van der Waals surface area contributed by atoms with Crippen molar-refractivity contribution in [2.45, 2.75) is 6.42 Å². The third-order valence-corrected chi connectivity index (χ3v) is 3.64. The van der Waals surface area contributed by atoms with Crippen LogP contribution in [0.5, 0.6) is 11.5 Å². The Balaban J connectivity index is 1.72. The van der Waals surface area contributed by atoms with Gasteiger partial charge < -0.3 is 19.9 Å². The number of allylic oxidation sites excluding steroid dienone is 5. The first-order valence-electron chi connectivity index (χ1n) is 7.01. The highest BCUT2D eigenvalue weighted by Gasteiger charge is 2.18. The SMILES string of the molecule is COC1=CCC(C=CC(=O)c2cc3c(cc2N)OCO3)C=C1. The van der Waals surface area contributed by atoms with Crippen LogP contribution in [0, 0.1) is 5.92 Å².